The van der Waals surface area contributed by atoms with Crippen molar-refractivity contribution < 1.29 is 13.2 Å². The molecule has 0 spiro atoms. The number of hydrogen-bond acceptors (Lipinski definition) is 5. The number of benzene rings is 1. The van der Waals surface area contributed by atoms with Crippen LogP contribution >= 0.6 is 11.3 Å². The summed E-state index contributed by atoms with van der Waals surface area (Å²) in [5.74, 6) is -0.278. The van der Waals surface area contributed by atoms with Crippen LogP contribution in [0.1, 0.15) is 21.1 Å². The standard InChI is InChI=1S/C13H15N3O3S2/c1-9-8-20-12(15-9)7-14-13(17)10-4-3-5-11(6-10)16-21(2,18)19/h3-6,8,16H,7H2,1-2H3,(H,14,17). The molecule has 0 fully saturated rings. The number of amides is 1. The molecule has 1 aromatic heterocycles. The van der Waals surface area contributed by atoms with Crippen molar-refractivity contribution in [2.75, 3.05) is 11.0 Å². The van der Waals surface area contributed by atoms with Gasteiger partial charge in [0.25, 0.3) is 5.91 Å². The van der Waals surface area contributed by atoms with Crippen LogP contribution in [0.5, 0.6) is 0 Å². The van der Waals surface area contributed by atoms with Gasteiger partial charge < -0.3 is 5.32 Å². The Hall–Kier alpha value is -1.93. The van der Waals surface area contributed by atoms with Gasteiger partial charge in [0.15, 0.2) is 0 Å². The smallest absolute Gasteiger partial charge is 0.251 e. The second kappa shape index (κ2) is 6.23. The molecule has 0 saturated carbocycles. The van der Waals surface area contributed by atoms with Gasteiger partial charge in [-0.2, -0.15) is 0 Å². The molecule has 2 aromatic rings. The maximum Gasteiger partial charge on any atom is 0.251 e. The molecular formula is C13H15N3O3S2. The number of sulfonamides is 1. The van der Waals surface area contributed by atoms with Crippen LogP contribution in [0.4, 0.5) is 5.69 Å². The van der Waals surface area contributed by atoms with E-state index in [0.717, 1.165) is 17.0 Å². The molecule has 0 aliphatic carbocycles. The molecule has 0 atom stereocenters. The lowest BCUT2D eigenvalue weighted by Crippen LogP contribution is -2.23. The SMILES string of the molecule is Cc1csc(CNC(=O)c2cccc(NS(C)(=O)=O)c2)n1. The summed E-state index contributed by atoms with van der Waals surface area (Å²) >= 11 is 1.48. The van der Waals surface area contributed by atoms with E-state index in [1.54, 1.807) is 18.2 Å². The van der Waals surface area contributed by atoms with Crippen molar-refractivity contribution in [3.05, 3.63) is 45.9 Å². The van der Waals surface area contributed by atoms with Gasteiger partial charge in [0.1, 0.15) is 5.01 Å². The quantitative estimate of drug-likeness (QED) is 0.876. The fraction of sp³-hybridized carbons (Fsp3) is 0.231. The van der Waals surface area contributed by atoms with Crippen LogP contribution in [0.2, 0.25) is 0 Å². The molecule has 0 bridgehead atoms. The Morgan fingerprint density at radius 2 is 2.14 bits per heavy atom. The van der Waals surface area contributed by atoms with Crippen LogP contribution in [0, 0.1) is 6.92 Å². The van der Waals surface area contributed by atoms with Crippen LogP contribution in [0.25, 0.3) is 0 Å². The third-order valence-corrected chi connectivity index (χ3v) is 4.07. The van der Waals surface area contributed by atoms with Crippen LogP contribution in [-0.4, -0.2) is 25.6 Å². The Bertz CT molecular complexity index is 754. The predicted molar refractivity (Wildman–Crippen MR) is 82.9 cm³/mol. The highest BCUT2D eigenvalue weighted by Gasteiger charge is 2.09. The Labute approximate surface area is 127 Å². The molecule has 1 aromatic carbocycles. The van der Waals surface area contributed by atoms with Gasteiger partial charge in [0.2, 0.25) is 10.0 Å². The monoisotopic (exact) mass is 325 g/mol. The van der Waals surface area contributed by atoms with Gasteiger partial charge in [-0.25, -0.2) is 13.4 Å². The van der Waals surface area contributed by atoms with Crippen molar-refractivity contribution in [2.24, 2.45) is 0 Å². The van der Waals surface area contributed by atoms with E-state index in [0.29, 0.717) is 17.8 Å². The third kappa shape index (κ3) is 4.83. The lowest BCUT2D eigenvalue weighted by atomic mass is 10.2. The van der Waals surface area contributed by atoms with Gasteiger partial charge in [-0.1, -0.05) is 6.07 Å². The first kappa shape index (κ1) is 15.5. The van der Waals surface area contributed by atoms with Gasteiger partial charge >= 0.3 is 0 Å². The highest BCUT2D eigenvalue weighted by molar-refractivity contribution is 7.92. The molecule has 21 heavy (non-hydrogen) atoms. The number of carbonyl (C=O) groups excluding carboxylic acids is 1. The fourth-order valence-corrected chi connectivity index (χ4v) is 2.95. The van der Waals surface area contributed by atoms with Crippen molar-refractivity contribution in [1.82, 2.24) is 10.3 Å². The van der Waals surface area contributed by atoms with Crippen LogP contribution in [0.3, 0.4) is 0 Å². The van der Waals surface area contributed by atoms with E-state index >= 15 is 0 Å². The molecule has 2 rings (SSSR count). The van der Waals surface area contributed by atoms with Crippen molar-refractivity contribution >= 4 is 33.0 Å². The van der Waals surface area contributed by atoms with E-state index < -0.39 is 10.0 Å². The Morgan fingerprint density at radius 3 is 2.76 bits per heavy atom. The molecule has 0 radical (unpaired) electrons. The van der Waals surface area contributed by atoms with Gasteiger partial charge in [-0.15, -0.1) is 11.3 Å². The Balaban J connectivity index is 2.03. The summed E-state index contributed by atoms with van der Waals surface area (Å²) in [7, 11) is -3.36. The number of aromatic nitrogens is 1. The summed E-state index contributed by atoms with van der Waals surface area (Å²) in [5.41, 5.74) is 1.66. The highest BCUT2D eigenvalue weighted by atomic mass is 32.2. The van der Waals surface area contributed by atoms with E-state index in [1.165, 1.54) is 17.4 Å². The molecule has 2 N–H and O–H groups in total. The lowest BCUT2D eigenvalue weighted by molar-refractivity contribution is 0.0951. The van der Waals surface area contributed by atoms with Crippen LogP contribution in [-0.2, 0) is 16.6 Å². The third-order valence-electron chi connectivity index (χ3n) is 2.49. The minimum absolute atomic E-state index is 0.278. The first-order valence-corrected chi connectivity index (χ1v) is 8.88. The van der Waals surface area contributed by atoms with E-state index in [2.05, 4.69) is 15.0 Å². The average molecular weight is 325 g/mol. The zero-order valence-electron chi connectivity index (χ0n) is 11.6. The number of anilines is 1. The second-order valence-corrected chi connectivity index (χ2v) is 7.21. The van der Waals surface area contributed by atoms with Crippen molar-refractivity contribution in [3.63, 3.8) is 0 Å². The Morgan fingerprint density at radius 1 is 1.38 bits per heavy atom. The first-order valence-electron chi connectivity index (χ1n) is 6.10. The zero-order chi connectivity index (χ0) is 15.5. The summed E-state index contributed by atoms with van der Waals surface area (Å²) in [6, 6.07) is 6.32. The van der Waals surface area contributed by atoms with Crippen molar-refractivity contribution in [2.45, 2.75) is 13.5 Å². The Kier molecular flexibility index (Phi) is 4.59. The highest BCUT2D eigenvalue weighted by Crippen LogP contribution is 2.13. The molecule has 1 amide bonds. The molecule has 0 saturated heterocycles. The number of carbonyl (C=O) groups is 1. The van der Waals surface area contributed by atoms with Gasteiger partial charge in [-0.3, -0.25) is 9.52 Å². The predicted octanol–water partition coefficient (Wildman–Crippen LogP) is 1.75. The fourth-order valence-electron chi connectivity index (χ4n) is 1.68. The van der Waals surface area contributed by atoms with Crippen molar-refractivity contribution in [3.8, 4) is 0 Å². The van der Waals surface area contributed by atoms with E-state index in [9.17, 15) is 13.2 Å². The van der Waals surface area contributed by atoms with E-state index in [-0.39, 0.29) is 5.91 Å². The first-order chi connectivity index (χ1) is 9.83. The number of nitrogens with zero attached hydrogens (tertiary/aromatic N) is 1. The number of thiazole rings is 1. The van der Waals surface area contributed by atoms with Crippen molar-refractivity contribution in [1.29, 1.82) is 0 Å². The number of hydrogen-bond donors (Lipinski definition) is 2. The topological polar surface area (TPSA) is 88.2 Å². The summed E-state index contributed by atoms with van der Waals surface area (Å²) in [5, 5.41) is 5.49. The summed E-state index contributed by atoms with van der Waals surface area (Å²) in [6.45, 7) is 2.24. The molecule has 8 heteroatoms. The number of aryl methyl sites for hydroxylation is 1. The summed E-state index contributed by atoms with van der Waals surface area (Å²) < 4.78 is 24.7. The van der Waals surface area contributed by atoms with E-state index in [1.807, 2.05) is 12.3 Å². The van der Waals surface area contributed by atoms with Crippen LogP contribution in [0.15, 0.2) is 29.6 Å². The molecule has 6 nitrogen and oxygen atoms in total. The van der Waals surface area contributed by atoms with E-state index in [4.69, 9.17) is 0 Å². The van der Waals surface area contributed by atoms with Gasteiger partial charge in [0.05, 0.1) is 12.8 Å². The largest absolute Gasteiger partial charge is 0.346 e. The normalized spacial score (nSPS) is 11.1. The van der Waals surface area contributed by atoms with Gasteiger partial charge in [0, 0.05) is 22.3 Å². The number of nitrogens with one attached hydrogen (secondary N) is 2. The zero-order valence-corrected chi connectivity index (χ0v) is 13.2. The molecule has 0 aliphatic rings. The van der Waals surface area contributed by atoms with Gasteiger partial charge in [-0.05, 0) is 25.1 Å². The second-order valence-electron chi connectivity index (χ2n) is 4.52. The molecule has 0 unspecified atom stereocenters. The van der Waals surface area contributed by atoms with Crippen LogP contribution < -0.4 is 10.0 Å². The molecule has 112 valence electrons. The molecule has 0 aliphatic heterocycles. The number of rotatable bonds is 5. The summed E-state index contributed by atoms with van der Waals surface area (Å²) in [6.07, 6.45) is 1.06. The maximum absolute atomic E-state index is 12.0. The average Bonchev–Trinajstić information content (AvgIpc) is 2.80. The summed E-state index contributed by atoms with van der Waals surface area (Å²) in [4.78, 5) is 16.3. The minimum atomic E-state index is -3.36. The maximum atomic E-state index is 12.0. The lowest BCUT2D eigenvalue weighted by Gasteiger charge is -2.07. The molecular weight excluding hydrogens is 310 g/mol. The molecule has 1 heterocycles. The minimum Gasteiger partial charge on any atom is -0.346 e.